The molecule has 1 saturated heterocycles. The summed E-state index contributed by atoms with van der Waals surface area (Å²) in [7, 11) is 0. The molecule has 6 heteroatoms. The average molecular weight is 397 g/mol. The van der Waals surface area contributed by atoms with Gasteiger partial charge in [0, 0.05) is 5.75 Å². The molecule has 4 rings (SSSR count). The smallest absolute Gasteiger partial charge is 0.249 e. The minimum Gasteiger partial charge on any atom is -0.273 e. The van der Waals surface area contributed by atoms with Crippen molar-refractivity contribution < 1.29 is 9.59 Å². The summed E-state index contributed by atoms with van der Waals surface area (Å²) in [5.74, 6) is 0.517. The highest BCUT2D eigenvalue weighted by molar-refractivity contribution is 8.00. The van der Waals surface area contributed by atoms with Crippen LogP contribution in [-0.2, 0) is 15.3 Å². The molecule has 138 valence electrons. The number of carbonyl (C=O) groups excluding carboxylic acids is 2. The van der Waals surface area contributed by atoms with Crippen LogP contribution in [0.2, 0.25) is 0 Å². The van der Waals surface area contributed by atoms with Crippen molar-refractivity contribution >= 4 is 50.8 Å². The van der Waals surface area contributed by atoms with Crippen molar-refractivity contribution in [2.75, 3.05) is 4.90 Å². The Kier molecular flexibility index (Phi) is 4.78. The maximum absolute atomic E-state index is 12.8. The molecule has 1 aliphatic rings. The maximum Gasteiger partial charge on any atom is 0.249 e. The second-order valence-corrected chi connectivity index (χ2v) is 8.85. The lowest BCUT2D eigenvalue weighted by Gasteiger charge is -2.46. The van der Waals surface area contributed by atoms with Gasteiger partial charge in [-0.2, -0.15) is 0 Å². The SMILES string of the molecule is CCC1(CC)C(=O)N(c2ccccc2CSc2nc3ccccc3s2)C1=O. The second kappa shape index (κ2) is 7.09. The lowest BCUT2D eigenvalue weighted by molar-refractivity contribution is -0.153. The molecule has 3 aromatic rings. The topological polar surface area (TPSA) is 50.3 Å². The summed E-state index contributed by atoms with van der Waals surface area (Å²) in [6, 6.07) is 15.7. The van der Waals surface area contributed by atoms with Gasteiger partial charge in [0.2, 0.25) is 11.8 Å². The van der Waals surface area contributed by atoms with E-state index in [-0.39, 0.29) is 11.8 Å². The largest absolute Gasteiger partial charge is 0.273 e. The summed E-state index contributed by atoms with van der Waals surface area (Å²) in [5.41, 5.74) is 1.86. The molecule has 0 saturated carbocycles. The van der Waals surface area contributed by atoms with Crippen molar-refractivity contribution in [2.24, 2.45) is 5.41 Å². The second-order valence-electron chi connectivity index (χ2n) is 6.60. The van der Waals surface area contributed by atoms with Gasteiger partial charge in [0.05, 0.1) is 15.9 Å². The molecule has 0 aliphatic carbocycles. The summed E-state index contributed by atoms with van der Waals surface area (Å²) in [5, 5.41) is 0. The molecule has 0 radical (unpaired) electrons. The molecule has 1 aliphatic heterocycles. The van der Waals surface area contributed by atoms with E-state index in [4.69, 9.17) is 0 Å². The number of rotatable bonds is 6. The fourth-order valence-corrected chi connectivity index (χ4v) is 5.60. The number of fused-ring (bicyclic) bond motifs is 1. The van der Waals surface area contributed by atoms with Crippen molar-refractivity contribution in [2.45, 2.75) is 36.8 Å². The van der Waals surface area contributed by atoms with Crippen molar-refractivity contribution in [3.63, 3.8) is 0 Å². The van der Waals surface area contributed by atoms with E-state index >= 15 is 0 Å². The normalized spacial score (nSPS) is 16.0. The maximum atomic E-state index is 12.8. The van der Waals surface area contributed by atoms with Gasteiger partial charge in [-0.3, -0.25) is 9.59 Å². The van der Waals surface area contributed by atoms with Gasteiger partial charge in [-0.05, 0) is 36.6 Å². The minimum absolute atomic E-state index is 0.0741. The molecular weight excluding hydrogens is 376 g/mol. The molecule has 4 nitrogen and oxygen atoms in total. The molecule has 0 spiro atoms. The van der Waals surface area contributed by atoms with E-state index in [9.17, 15) is 9.59 Å². The Bertz CT molecular complexity index is 973. The number of hydrogen-bond donors (Lipinski definition) is 0. The van der Waals surface area contributed by atoms with E-state index in [1.807, 2.05) is 56.3 Å². The van der Waals surface area contributed by atoms with Crippen LogP contribution in [0.5, 0.6) is 0 Å². The number of carbonyl (C=O) groups is 2. The molecule has 0 N–H and O–H groups in total. The van der Waals surface area contributed by atoms with Crippen LogP contribution in [0.15, 0.2) is 52.9 Å². The Hall–Kier alpha value is -2.18. The first-order valence-corrected chi connectivity index (χ1v) is 10.9. The van der Waals surface area contributed by atoms with Crippen LogP contribution in [-0.4, -0.2) is 16.8 Å². The molecule has 2 heterocycles. The molecule has 0 atom stereocenters. The Morgan fingerprint density at radius 2 is 1.67 bits per heavy atom. The van der Waals surface area contributed by atoms with Gasteiger partial charge in [0.15, 0.2) is 4.34 Å². The molecule has 1 aromatic heterocycles. The Morgan fingerprint density at radius 1 is 1.00 bits per heavy atom. The summed E-state index contributed by atoms with van der Waals surface area (Å²) < 4.78 is 2.15. The molecule has 2 aromatic carbocycles. The third kappa shape index (κ3) is 2.87. The highest BCUT2D eigenvalue weighted by atomic mass is 32.2. The lowest BCUT2D eigenvalue weighted by Crippen LogP contribution is -2.66. The third-order valence-corrected chi connectivity index (χ3v) is 7.52. The van der Waals surface area contributed by atoms with Gasteiger partial charge >= 0.3 is 0 Å². The first kappa shape index (κ1) is 18.2. The fraction of sp³-hybridized carbons (Fsp3) is 0.286. The van der Waals surface area contributed by atoms with E-state index in [1.54, 1.807) is 23.1 Å². The Labute approximate surface area is 166 Å². The number of β-lactam (4-membered cyclic amide) rings is 2. The van der Waals surface area contributed by atoms with Crippen molar-refractivity contribution in [3.8, 4) is 0 Å². The van der Waals surface area contributed by atoms with E-state index in [2.05, 4.69) is 11.1 Å². The van der Waals surface area contributed by atoms with E-state index in [1.165, 1.54) is 4.90 Å². The minimum atomic E-state index is -0.826. The quantitative estimate of drug-likeness (QED) is 0.324. The van der Waals surface area contributed by atoms with Gasteiger partial charge in [0.25, 0.3) is 0 Å². The van der Waals surface area contributed by atoms with Crippen LogP contribution in [0.4, 0.5) is 5.69 Å². The highest BCUT2D eigenvalue weighted by Gasteiger charge is 2.59. The molecule has 0 bridgehead atoms. The summed E-state index contributed by atoms with van der Waals surface area (Å²) in [4.78, 5) is 31.6. The zero-order chi connectivity index (χ0) is 19.0. The predicted molar refractivity (Wildman–Crippen MR) is 111 cm³/mol. The van der Waals surface area contributed by atoms with Crippen LogP contribution in [0.1, 0.15) is 32.3 Å². The van der Waals surface area contributed by atoms with Gasteiger partial charge in [-0.1, -0.05) is 55.9 Å². The number of benzene rings is 2. The molecule has 0 unspecified atom stereocenters. The number of imide groups is 1. The standard InChI is InChI=1S/C21H20N2O2S2/c1-3-21(4-2)18(24)23(19(21)25)16-11-7-5-9-14(16)13-26-20-22-15-10-6-8-12-17(15)27-20/h5-12H,3-4,13H2,1-2H3. The van der Waals surface area contributed by atoms with Gasteiger partial charge in [-0.25, -0.2) is 9.88 Å². The van der Waals surface area contributed by atoms with E-state index in [0.717, 1.165) is 20.1 Å². The predicted octanol–water partition coefficient (Wildman–Crippen LogP) is 5.27. The molecule has 27 heavy (non-hydrogen) atoms. The first-order valence-electron chi connectivity index (χ1n) is 9.06. The first-order chi connectivity index (χ1) is 13.1. The lowest BCUT2D eigenvalue weighted by atomic mass is 9.72. The van der Waals surface area contributed by atoms with Gasteiger partial charge in [-0.15, -0.1) is 11.3 Å². The number of para-hydroxylation sites is 2. The number of amides is 2. The number of thiazole rings is 1. The van der Waals surface area contributed by atoms with Crippen molar-refractivity contribution in [1.82, 2.24) is 4.98 Å². The van der Waals surface area contributed by atoms with Crippen molar-refractivity contribution in [3.05, 3.63) is 54.1 Å². The highest BCUT2D eigenvalue weighted by Crippen LogP contribution is 2.44. The Morgan fingerprint density at radius 3 is 2.37 bits per heavy atom. The number of anilines is 1. The number of aromatic nitrogens is 1. The summed E-state index contributed by atoms with van der Waals surface area (Å²) in [6.45, 7) is 3.82. The monoisotopic (exact) mass is 396 g/mol. The van der Waals surface area contributed by atoms with Gasteiger partial charge < -0.3 is 0 Å². The number of thioether (sulfide) groups is 1. The molecular formula is C21H20N2O2S2. The van der Waals surface area contributed by atoms with Gasteiger partial charge in [0.1, 0.15) is 5.41 Å². The Balaban J connectivity index is 1.57. The van der Waals surface area contributed by atoms with E-state index in [0.29, 0.717) is 24.3 Å². The van der Waals surface area contributed by atoms with Crippen LogP contribution in [0.3, 0.4) is 0 Å². The zero-order valence-corrected chi connectivity index (χ0v) is 16.9. The number of nitrogens with zero attached hydrogens (tertiary/aromatic N) is 2. The third-order valence-electron chi connectivity index (χ3n) is 5.29. The van der Waals surface area contributed by atoms with Crippen LogP contribution in [0.25, 0.3) is 10.2 Å². The summed E-state index contributed by atoms with van der Waals surface area (Å²) in [6.07, 6.45) is 1.11. The fourth-order valence-electron chi connectivity index (χ4n) is 3.54. The van der Waals surface area contributed by atoms with Crippen LogP contribution >= 0.6 is 23.1 Å². The van der Waals surface area contributed by atoms with Crippen LogP contribution in [0, 0.1) is 5.41 Å². The molecule has 1 fully saturated rings. The van der Waals surface area contributed by atoms with E-state index < -0.39 is 5.41 Å². The number of hydrogen-bond acceptors (Lipinski definition) is 5. The average Bonchev–Trinajstić information content (AvgIpc) is 3.12. The zero-order valence-electron chi connectivity index (χ0n) is 15.3. The summed E-state index contributed by atoms with van der Waals surface area (Å²) >= 11 is 3.30. The van der Waals surface area contributed by atoms with Crippen molar-refractivity contribution in [1.29, 1.82) is 0 Å². The molecule has 2 amide bonds. The van der Waals surface area contributed by atoms with Crippen LogP contribution < -0.4 is 4.90 Å².